The van der Waals surface area contributed by atoms with Gasteiger partial charge in [-0.1, -0.05) is 6.92 Å². The van der Waals surface area contributed by atoms with E-state index in [1.807, 2.05) is 6.92 Å². The summed E-state index contributed by atoms with van der Waals surface area (Å²) >= 11 is 0. The molecule has 2 N–H and O–H groups in total. The lowest BCUT2D eigenvalue weighted by atomic mass is 10.2. The highest BCUT2D eigenvalue weighted by molar-refractivity contribution is 6.03. The molecule has 1 heterocycles. The Hall–Kier alpha value is -2.50. The number of nitrogens with one attached hydrogen (secondary N) is 2. The van der Waals surface area contributed by atoms with E-state index in [1.54, 1.807) is 18.3 Å². The molecule has 1 aromatic carbocycles. The molecule has 0 saturated heterocycles. The summed E-state index contributed by atoms with van der Waals surface area (Å²) in [6.07, 6.45) is 2.51. The highest BCUT2D eigenvalue weighted by Crippen LogP contribution is 2.16. The van der Waals surface area contributed by atoms with Crippen LogP contribution in [0.4, 0.5) is 20.2 Å². The van der Waals surface area contributed by atoms with Gasteiger partial charge in [0, 0.05) is 12.1 Å². The van der Waals surface area contributed by atoms with Gasteiger partial charge in [0.2, 0.25) is 0 Å². The number of nitrogens with zero attached hydrogens (tertiary/aromatic N) is 1. The van der Waals surface area contributed by atoms with E-state index >= 15 is 0 Å². The summed E-state index contributed by atoms with van der Waals surface area (Å²) in [5.41, 5.74) is 0.868. The fraction of sp³-hybridized carbons (Fsp3) is 0.250. The van der Waals surface area contributed by atoms with E-state index in [4.69, 9.17) is 0 Å². The van der Waals surface area contributed by atoms with Crippen LogP contribution in [0.5, 0.6) is 0 Å². The first kappa shape index (κ1) is 15.9. The van der Waals surface area contributed by atoms with Gasteiger partial charge >= 0.3 is 0 Å². The van der Waals surface area contributed by atoms with Crippen molar-refractivity contribution in [2.75, 3.05) is 10.6 Å². The molecule has 0 bridgehead atoms. The van der Waals surface area contributed by atoms with E-state index < -0.39 is 17.5 Å². The summed E-state index contributed by atoms with van der Waals surface area (Å²) in [4.78, 5) is 16.0. The number of halogens is 2. The minimum absolute atomic E-state index is 0.0880. The highest BCUT2D eigenvalue weighted by atomic mass is 19.1. The lowest BCUT2D eigenvalue weighted by Crippen LogP contribution is -2.16. The summed E-state index contributed by atoms with van der Waals surface area (Å²) < 4.78 is 26.3. The third-order valence-corrected chi connectivity index (χ3v) is 3.20. The fourth-order valence-corrected chi connectivity index (χ4v) is 1.78. The summed E-state index contributed by atoms with van der Waals surface area (Å²) in [5, 5.41) is 5.59. The van der Waals surface area contributed by atoms with Gasteiger partial charge in [0.15, 0.2) is 0 Å². The normalized spacial score (nSPS) is 11.8. The Balaban J connectivity index is 2.06. The van der Waals surface area contributed by atoms with Gasteiger partial charge in [-0.2, -0.15) is 0 Å². The van der Waals surface area contributed by atoms with Crippen LogP contribution in [-0.4, -0.2) is 16.9 Å². The van der Waals surface area contributed by atoms with Crippen LogP contribution in [-0.2, 0) is 0 Å². The summed E-state index contributed by atoms with van der Waals surface area (Å²) in [6.45, 7) is 4.10. The Morgan fingerprint density at radius 3 is 2.64 bits per heavy atom. The SMILES string of the molecule is CCC(C)Nc1ccc(C(=O)Nc2ccc(F)cc2F)nc1. The summed E-state index contributed by atoms with van der Waals surface area (Å²) in [6, 6.07) is 6.53. The molecule has 0 fully saturated rings. The molecular formula is C16H17F2N3O. The third-order valence-electron chi connectivity index (χ3n) is 3.20. The number of aromatic nitrogens is 1. The van der Waals surface area contributed by atoms with E-state index in [1.165, 1.54) is 6.07 Å². The molecular weight excluding hydrogens is 288 g/mol. The first-order valence-electron chi connectivity index (χ1n) is 6.98. The molecule has 0 saturated carbocycles. The molecule has 6 heteroatoms. The van der Waals surface area contributed by atoms with Crippen LogP contribution in [0.1, 0.15) is 30.8 Å². The smallest absolute Gasteiger partial charge is 0.274 e. The van der Waals surface area contributed by atoms with Crippen molar-refractivity contribution in [3.05, 3.63) is 53.9 Å². The van der Waals surface area contributed by atoms with E-state index in [9.17, 15) is 13.6 Å². The minimum Gasteiger partial charge on any atom is -0.381 e. The molecule has 2 rings (SSSR count). The molecule has 2 aromatic rings. The predicted octanol–water partition coefficient (Wildman–Crippen LogP) is 3.82. The van der Waals surface area contributed by atoms with Crippen molar-refractivity contribution < 1.29 is 13.6 Å². The Bertz CT molecular complexity index is 659. The van der Waals surface area contributed by atoms with Crippen molar-refractivity contribution in [1.29, 1.82) is 0 Å². The maximum atomic E-state index is 13.5. The minimum atomic E-state index is -0.830. The Morgan fingerprint density at radius 2 is 2.05 bits per heavy atom. The second kappa shape index (κ2) is 6.98. The average Bonchev–Trinajstić information content (AvgIpc) is 2.50. The van der Waals surface area contributed by atoms with Crippen LogP contribution in [0.3, 0.4) is 0 Å². The highest BCUT2D eigenvalue weighted by Gasteiger charge is 2.11. The molecule has 0 radical (unpaired) electrons. The van der Waals surface area contributed by atoms with Crippen molar-refractivity contribution in [2.45, 2.75) is 26.3 Å². The number of amides is 1. The van der Waals surface area contributed by atoms with Crippen LogP contribution in [0, 0.1) is 11.6 Å². The number of rotatable bonds is 5. The Kier molecular flexibility index (Phi) is 5.04. The average molecular weight is 305 g/mol. The summed E-state index contributed by atoms with van der Waals surface area (Å²) in [5.74, 6) is -2.09. The van der Waals surface area contributed by atoms with Gasteiger partial charge in [-0.25, -0.2) is 13.8 Å². The number of benzene rings is 1. The van der Waals surface area contributed by atoms with Crippen molar-refractivity contribution in [3.63, 3.8) is 0 Å². The lowest BCUT2D eigenvalue weighted by molar-refractivity contribution is 0.102. The standard InChI is InChI=1S/C16H17F2N3O/c1-3-10(2)20-12-5-7-15(19-9-12)16(22)21-14-6-4-11(17)8-13(14)18/h4-10,20H,3H2,1-2H3,(H,21,22). The lowest BCUT2D eigenvalue weighted by Gasteiger charge is -2.12. The van der Waals surface area contributed by atoms with Gasteiger partial charge < -0.3 is 10.6 Å². The van der Waals surface area contributed by atoms with Gasteiger partial charge in [0.25, 0.3) is 5.91 Å². The van der Waals surface area contributed by atoms with Crippen LogP contribution >= 0.6 is 0 Å². The van der Waals surface area contributed by atoms with Gasteiger partial charge in [-0.05, 0) is 37.6 Å². The zero-order chi connectivity index (χ0) is 16.1. The largest absolute Gasteiger partial charge is 0.381 e. The topological polar surface area (TPSA) is 54.0 Å². The molecule has 0 aliphatic rings. The molecule has 1 amide bonds. The zero-order valence-corrected chi connectivity index (χ0v) is 12.4. The Labute approximate surface area is 127 Å². The number of carbonyl (C=O) groups is 1. The number of carbonyl (C=O) groups excluding carboxylic acids is 1. The van der Waals surface area contributed by atoms with Crippen LogP contribution in [0.15, 0.2) is 36.5 Å². The quantitative estimate of drug-likeness (QED) is 0.883. The van der Waals surface area contributed by atoms with Gasteiger partial charge in [-0.3, -0.25) is 4.79 Å². The Morgan fingerprint density at radius 1 is 1.27 bits per heavy atom. The number of hydrogen-bond acceptors (Lipinski definition) is 3. The van der Waals surface area contributed by atoms with Crippen LogP contribution in [0.2, 0.25) is 0 Å². The number of pyridine rings is 1. The fourth-order valence-electron chi connectivity index (χ4n) is 1.78. The van der Waals surface area contributed by atoms with E-state index in [2.05, 4.69) is 22.5 Å². The molecule has 0 aliphatic heterocycles. The van der Waals surface area contributed by atoms with Crippen LogP contribution in [0.25, 0.3) is 0 Å². The van der Waals surface area contributed by atoms with Gasteiger partial charge in [-0.15, -0.1) is 0 Å². The van der Waals surface area contributed by atoms with Crippen molar-refractivity contribution >= 4 is 17.3 Å². The molecule has 1 atom stereocenters. The first-order valence-corrected chi connectivity index (χ1v) is 6.98. The predicted molar refractivity (Wildman–Crippen MR) is 81.9 cm³/mol. The molecule has 1 aromatic heterocycles. The second-order valence-electron chi connectivity index (χ2n) is 4.96. The molecule has 0 aliphatic carbocycles. The maximum Gasteiger partial charge on any atom is 0.274 e. The number of anilines is 2. The first-order chi connectivity index (χ1) is 10.5. The zero-order valence-electron chi connectivity index (χ0n) is 12.4. The molecule has 116 valence electrons. The van der Waals surface area contributed by atoms with Gasteiger partial charge in [0.05, 0.1) is 17.6 Å². The van der Waals surface area contributed by atoms with E-state index in [-0.39, 0.29) is 11.4 Å². The molecule has 1 unspecified atom stereocenters. The molecule has 22 heavy (non-hydrogen) atoms. The van der Waals surface area contributed by atoms with Crippen molar-refractivity contribution in [1.82, 2.24) is 4.98 Å². The van der Waals surface area contributed by atoms with Crippen molar-refractivity contribution in [2.24, 2.45) is 0 Å². The van der Waals surface area contributed by atoms with Gasteiger partial charge in [0.1, 0.15) is 17.3 Å². The molecule has 4 nitrogen and oxygen atoms in total. The third kappa shape index (κ3) is 4.00. The van der Waals surface area contributed by atoms with E-state index in [0.29, 0.717) is 12.1 Å². The summed E-state index contributed by atoms with van der Waals surface area (Å²) in [7, 11) is 0. The molecule has 0 spiro atoms. The van der Waals surface area contributed by atoms with Crippen LogP contribution < -0.4 is 10.6 Å². The second-order valence-corrected chi connectivity index (χ2v) is 4.96. The monoisotopic (exact) mass is 305 g/mol. The van der Waals surface area contributed by atoms with Crippen molar-refractivity contribution in [3.8, 4) is 0 Å². The number of hydrogen-bond donors (Lipinski definition) is 2. The maximum absolute atomic E-state index is 13.5. The van der Waals surface area contributed by atoms with E-state index in [0.717, 1.165) is 18.2 Å².